The topological polar surface area (TPSA) is 38.7 Å². The van der Waals surface area contributed by atoms with Crippen molar-refractivity contribution in [1.82, 2.24) is 15.0 Å². The molecule has 3 heterocycles. The second-order valence-corrected chi connectivity index (χ2v) is 14.7. The van der Waals surface area contributed by atoms with E-state index in [4.69, 9.17) is 9.97 Å². The van der Waals surface area contributed by atoms with Gasteiger partial charge in [-0.1, -0.05) is 121 Å². The summed E-state index contributed by atoms with van der Waals surface area (Å²) in [6.45, 7) is 0. The maximum atomic E-state index is 5.24. The third-order valence-electron chi connectivity index (χ3n) is 10.8. The molecular weight excluding hydrogens is 651 g/mol. The summed E-state index contributed by atoms with van der Waals surface area (Å²) < 4.78 is 2.62. The van der Waals surface area contributed by atoms with Crippen LogP contribution in [0.2, 0.25) is 0 Å². The van der Waals surface area contributed by atoms with Crippen molar-refractivity contribution >= 4 is 43.7 Å². The van der Waals surface area contributed by atoms with Gasteiger partial charge in [-0.3, -0.25) is 4.98 Å². The molecule has 242 valence electrons. The molecule has 1 atom stereocenters. The van der Waals surface area contributed by atoms with Gasteiger partial charge in [-0.2, -0.15) is 0 Å². The van der Waals surface area contributed by atoms with Gasteiger partial charge in [-0.25, -0.2) is 9.97 Å². The zero-order valence-electron chi connectivity index (χ0n) is 28.0. The van der Waals surface area contributed by atoms with Gasteiger partial charge in [0.2, 0.25) is 0 Å². The van der Waals surface area contributed by atoms with E-state index >= 15 is 0 Å². The molecule has 0 fully saturated rings. The molecule has 0 saturated carbocycles. The van der Waals surface area contributed by atoms with Gasteiger partial charge in [0.25, 0.3) is 0 Å². The van der Waals surface area contributed by atoms with Crippen molar-refractivity contribution in [1.29, 1.82) is 0 Å². The highest BCUT2D eigenvalue weighted by atomic mass is 32.1. The highest BCUT2D eigenvalue weighted by molar-refractivity contribution is 7.25. The van der Waals surface area contributed by atoms with Crippen molar-refractivity contribution in [2.24, 2.45) is 0 Å². The molecule has 2 aliphatic rings. The van der Waals surface area contributed by atoms with Crippen LogP contribution in [0.1, 0.15) is 33.4 Å². The predicted octanol–water partition coefficient (Wildman–Crippen LogP) is 12.1. The predicted molar refractivity (Wildman–Crippen MR) is 215 cm³/mol. The molecule has 3 nitrogen and oxygen atoms in total. The van der Waals surface area contributed by atoms with E-state index < -0.39 is 5.41 Å². The summed E-state index contributed by atoms with van der Waals surface area (Å²) >= 11 is 1.88. The summed E-state index contributed by atoms with van der Waals surface area (Å²) in [6.07, 6.45) is 8.24. The minimum absolute atomic E-state index is 0.565. The van der Waals surface area contributed by atoms with Gasteiger partial charge in [0.1, 0.15) is 0 Å². The molecule has 0 aliphatic heterocycles. The lowest BCUT2D eigenvalue weighted by Gasteiger charge is -2.35. The van der Waals surface area contributed by atoms with E-state index in [1.165, 1.54) is 64.7 Å². The molecule has 0 saturated heterocycles. The SMILES string of the molecule is C1=Cc2ccc(-c3nc(-c4ccccc4)cc(-c4cccnc4)n3)cc2C2(c3ccccc31)c1ccccc1-c1cc3c(cc12)sc1ccccc13. The third-order valence-corrected chi connectivity index (χ3v) is 12.0. The van der Waals surface area contributed by atoms with Gasteiger partial charge in [-0.15, -0.1) is 11.3 Å². The fraction of sp³-hybridized carbons (Fsp3) is 0.0208. The monoisotopic (exact) mass is 679 g/mol. The minimum Gasteiger partial charge on any atom is -0.264 e. The van der Waals surface area contributed by atoms with Crippen LogP contribution in [-0.4, -0.2) is 15.0 Å². The van der Waals surface area contributed by atoms with Crippen LogP contribution in [0.3, 0.4) is 0 Å². The molecule has 6 aromatic carbocycles. The van der Waals surface area contributed by atoms with Gasteiger partial charge in [0, 0.05) is 49.3 Å². The van der Waals surface area contributed by atoms with Crippen LogP contribution in [0.4, 0.5) is 0 Å². The Morgan fingerprint density at radius 3 is 2.04 bits per heavy atom. The molecule has 1 spiro atoms. The molecule has 0 amide bonds. The highest BCUT2D eigenvalue weighted by Gasteiger charge is 2.49. The Morgan fingerprint density at radius 2 is 1.17 bits per heavy atom. The lowest BCUT2D eigenvalue weighted by molar-refractivity contribution is 0.767. The molecule has 2 aliphatic carbocycles. The Balaban J connectivity index is 1.22. The van der Waals surface area contributed by atoms with E-state index in [1.54, 1.807) is 6.20 Å². The molecular formula is C48H29N3S. The van der Waals surface area contributed by atoms with Gasteiger partial charge < -0.3 is 0 Å². The van der Waals surface area contributed by atoms with Crippen molar-refractivity contribution in [3.05, 3.63) is 197 Å². The standard InChI is InChI=1S/C48H29N3S/c1-2-12-32(13-3-1)43-28-44(34-14-10-24-49-29-34)51-47(50-43)33-23-22-31-21-20-30-11-4-7-17-39(30)48(41(31)25-33)40-18-8-5-15-35(40)37-26-38-36-16-6-9-19-45(36)52-46(38)27-42(37)48/h1-29H. The van der Waals surface area contributed by atoms with E-state index in [0.717, 1.165) is 28.1 Å². The lowest BCUT2D eigenvalue weighted by atomic mass is 9.65. The molecule has 3 aromatic heterocycles. The summed E-state index contributed by atoms with van der Waals surface area (Å²) in [7, 11) is 0. The number of hydrogen-bond donors (Lipinski definition) is 0. The van der Waals surface area contributed by atoms with Crippen molar-refractivity contribution in [2.45, 2.75) is 5.41 Å². The van der Waals surface area contributed by atoms with E-state index in [0.29, 0.717) is 5.82 Å². The molecule has 52 heavy (non-hydrogen) atoms. The van der Waals surface area contributed by atoms with Gasteiger partial charge in [-0.05, 0) is 87.0 Å². The third kappa shape index (κ3) is 4.22. The number of hydrogen-bond acceptors (Lipinski definition) is 4. The van der Waals surface area contributed by atoms with Crippen molar-refractivity contribution in [3.8, 4) is 45.0 Å². The Morgan fingerprint density at radius 1 is 0.442 bits per heavy atom. The first-order valence-corrected chi connectivity index (χ1v) is 18.4. The smallest absolute Gasteiger partial charge is 0.160 e. The fourth-order valence-electron chi connectivity index (χ4n) is 8.54. The summed E-state index contributed by atoms with van der Waals surface area (Å²) in [5.74, 6) is 0.686. The Labute approximate surface area is 305 Å². The molecule has 1 unspecified atom stereocenters. The molecule has 9 aromatic rings. The maximum absolute atomic E-state index is 5.24. The van der Waals surface area contributed by atoms with Crippen LogP contribution in [0.5, 0.6) is 0 Å². The number of thiophene rings is 1. The number of nitrogens with zero attached hydrogens (tertiary/aromatic N) is 3. The van der Waals surface area contributed by atoms with E-state index in [2.05, 4.69) is 157 Å². The van der Waals surface area contributed by atoms with E-state index in [1.807, 2.05) is 29.7 Å². The zero-order chi connectivity index (χ0) is 34.2. The Hall–Kier alpha value is -6.49. The summed E-state index contributed by atoms with van der Waals surface area (Å²) in [5.41, 5.74) is 14.2. The number of rotatable bonds is 3. The average molecular weight is 680 g/mol. The van der Waals surface area contributed by atoms with Crippen LogP contribution >= 0.6 is 11.3 Å². The van der Waals surface area contributed by atoms with Crippen LogP contribution in [-0.2, 0) is 5.41 Å². The number of benzene rings is 6. The first-order valence-electron chi connectivity index (χ1n) is 17.6. The van der Waals surface area contributed by atoms with Gasteiger partial charge in [0.15, 0.2) is 5.82 Å². The summed E-state index contributed by atoms with van der Waals surface area (Å²) in [4.78, 5) is 14.9. The van der Waals surface area contributed by atoms with Crippen LogP contribution in [0.25, 0.3) is 77.4 Å². The molecule has 0 bridgehead atoms. The molecule has 4 heteroatoms. The number of aromatic nitrogens is 3. The Bertz CT molecular complexity index is 2850. The van der Waals surface area contributed by atoms with Gasteiger partial charge in [0.05, 0.1) is 16.8 Å². The first-order chi connectivity index (χ1) is 25.8. The molecule has 0 N–H and O–H groups in total. The maximum Gasteiger partial charge on any atom is 0.160 e. The van der Waals surface area contributed by atoms with Crippen molar-refractivity contribution in [2.75, 3.05) is 0 Å². The molecule has 0 radical (unpaired) electrons. The number of pyridine rings is 1. The lowest BCUT2D eigenvalue weighted by Crippen LogP contribution is -2.30. The quantitative estimate of drug-likeness (QED) is 0.187. The number of fused-ring (bicyclic) bond motifs is 12. The van der Waals surface area contributed by atoms with Crippen molar-refractivity contribution in [3.63, 3.8) is 0 Å². The zero-order valence-corrected chi connectivity index (χ0v) is 28.8. The van der Waals surface area contributed by atoms with E-state index in [9.17, 15) is 0 Å². The normalized spacial score (nSPS) is 15.3. The second-order valence-electron chi connectivity index (χ2n) is 13.6. The van der Waals surface area contributed by atoms with Crippen molar-refractivity contribution < 1.29 is 0 Å². The summed E-state index contributed by atoms with van der Waals surface area (Å²) in [5, 5.41) is 2.63. The van der Waals surface area contributed by atoms with E-state index in [-0.39, 0.29) is 0 Å². The van der Waals surface area contributed by atoms with Crippen LogP contribution < -0.4 is 0 Å². The minimum atomic E-state index is -0.565. The Kier molecular flexibility index (Phi) is 6.34. The van der Waals surface area contributed by atoms with Gasteiger partial charge >= 0.3 is 0 Å². The molecule has 11 rings (SSSR count). The van der Waals surface area contributed by atoms with Crippen LogP contribution in [0, 0.1) is 0 Å². The first kappa shape index (κ1) is 29.3. The fourth-order valence-corrected chi connectivity index (χ4v) is 9.67. The largest absolute Gasteiger partial charge is 0.264 e. The van der Waals surface area contributed by atoms with Crippen LogP contribution in [0.15, 0.2) is 164 Å². The highest BCUT2D eigenvalue weighted by Crippen LogP contribution is 2.60. The second kappa shape index (κ2) is 11.3. The summed E-state index contributed by atoms with van der Waals surface area (Å²) in [6, 6.07) is 54.9. The average Bonchev–Trinajstić information content (AvgIpc) is 3.67.